The fourth-order valence-corrected chi connectivity index (χ4v) is 5.54. The third kappa shape index (κ3) is 4.56. The van der Waals surface area contributed by atoms with E-state index in [1.54, 1.807) is 24.3 Å². The molecule has 7 nitrogen and oxygen atoms in total. The van der Waals surface area contributed by atoms with Gasteiger partial charge >= 0.3 is 0 Å². The number of sulfonamides is 1. The fourth-order valence-electron chi connectivity index (χ4n) is 4.64. The van der Waals surface area contributed by atoms with Gasteiger partial charge in [-0.1, -0.05) is 36.4 Å². The van der Waals surface area contributed by atoms with Gasteiger partial charge < -0.3 is 10.6 Å². The van der Waals surface area contributed by atoms with Crippen LogP contribution in [-0.4, -0.2) is 50.9 Å². The van der Waals surface area contributed by atoms with Crippen molar-refractivity contribution in [3.8, 4) is 17.2 Å². The Morgan fingerprint density at radius 2 is 1.75 bits per heavy atom. The van der Waals surface area contributed by atoms with Gasteiger partial charge in [-0.3, -0.25) is 4.79 Å². The number of carbonyl (C=O) groups excluding carboxylic acids is 1. The number of nitrogens with one attached hydrogen (secondary N) is 2. The maximum absolute atomic E-state index is 12.6. The number of fused-ring (bicyclic) bond motifs is 2. The van der Waals surface area contributed by atoms with E-state index >= 15 is 0 Å². The van der Waals surface area contributed by atoms with E-state index in [1.165, 1.54) is 18.4 Å². The van der Waals surface area contributed by atoms with E-state index in [0.717, 1.165) is 36.0 Å². The number of rotatable bonds is 7. The average molecular weight is 453 g/mol. The zero-order chi connectivity index (χ0) is 22.9. The summed E-state index contributed by atoms with van der Waals surface area (Å²) in [6.07, 6.45) is 3.70. The van der Waals surface area contributed by atoms with Crippen molar-refractivity contribution in [2.24, 2.45) is 5.92 Å². The Labute approximate surface area is 189 Å². The van der Waals surface area contributed by atoms with Gasteiger partial charge in [0.2, 0.25) is 15.9 Å². The molecule has 1 heterocycles. The summed E-state index contributed by atoms with van der Waals surface area (Å²) in [5.74, 6) is 0.311. The molecule has 2 aromatic rings. The van der Waals surface area contributed by atoms with Crippen LogP contribution in [0.4, 0.5) is 0 Å². The predicted molar refractivity (Wildman–Crippen MR) is 122 cm³/mol. The number of piperidine rings is 1. The van der Waals surface area contributed by atoms with Gasteiger partial charge in [0.25, 0.3) is 0 Å². The number of amides is 1. The lowest BCUT2D eigenvalue weighted by Crippen LogP contribution is -2.50. The summed E-state index contributed by atoms with van der Waals surface area (Å²) in [6.45, 7) is 0. The van der Waals surface area contributed by atoms with Crippen LogP contribution in [0.2, 0.25) is 0 Å². The quantitative estimate of drug-likeness (QED) is 0.671. The van der Waals surface area contributed by atoms with Gasteiger partial charge in [0.05, 0.1) is 17.0 Å². The van der Waals surface area contributed by atoms with E-state index < -0.39 is 16.1 Å². The molecule has 1 aliphatic carbocycles. The highest BCUT2D eigenvalue weighted by molar-refractivity contribution is 7.89. The molecule has 0 spiro atoms. The van der Waals surface area contributed by atoms with Crippen molar-refractivity contribution in [2.45, 2.75) is 48.7 Å². The molecular weight excluding hydrogens is 424 g/mol. The summed E-state index contributed by atoms with van der Waals surface area (Å²) in [4.78, 5) is 12.9. The molecule has 4 rings (SSSR count). The Bertz CT molecular complexity index is 1120. The van der Waals surface area contributed by atoms with E-state index in [9.17, 15) is 18.5 Å². The lowest BCUT2D eigenvalue weighted by Gasteiger charge is -2.23. The lowest BCUT2D eigenvalue weighted by atomic mass is 9.98. The van der Waals surface area contributed by atoms with Gasteiger partial charge in [0.1, 0.15) is 6.04 Å². The van der Waals surface area contributed by atoms with Crippen LogP contribution in [0, 0.1) is 17.2 Å². The van der Waals surface area contributed by atoms with E-state index in [4.69, 9.17) is 0 Å². The van der Waals surface area contributed by atoms with Crippen molar-refractivity contribution >= 4 is 15.9 Å². The molecule has 4 atom stereocenters. The molecule has 2 aliphatic rings. The molecule has 2 fully saturated rings. The standard InChI is InChI=1S/C24H28N4O3S/c1-28(2)32(30,31)22-11-8-18(9-12-22)17-5-3-16(4-6-17)13-21(15-25)27-24(29)23-19-7-10-20(14-19)26-23/h3-6,8-9,11-12,19-21,23,26H,7,10,13-14H2,1-2H3,(H,27,29). The Morgan fingerprint density at radius 3 is 2.25 bits per heavy atom. The monoisotopic (exact) mass is 452 g/mol. The Hall–Kier alpha value is -2.73. The summed E-state index contributed by atoms with van der Waals surface area (Å²) in [5.41, 5.74) is 2.81. The zero-order valence-electron chi connectivity index (χ0n) is 18.3. The topological polar surface area (TPSA) is 102 Å². The largest absolute Gasteiger partial charge is 0.339 e. The number of hydrogen-bond donors (Lipinski definition) is 2. The van der Waals surface area contributed by atoms with Crippen LogP contribution in [0.5, 0.6) is 0 Å². The minimum Gasteiger partial charge on any atom is -0.339 e. The first kappa shape index (κ1) is 22.5. The lowest BCUT2D eigenvalue weighted by molar-refractivity contribution is -0.124. The van der Waals surface area contributed by atoms with Crippen LogP contribution < -0.4 is 10.6 Å². The summed E-state index contributed by atoms with van der Waals surface area (Å²) in [6, 6.07) is 16.4. The van der Waals surface area contributed by atoms with Crippen molar-refractivity contribution in [3.05, 3.63) is 54.1 Å². The molecule has 32 heavy (non-hydrogen) atoms. The van der Waals surface area contributed by atoms with Crippen LogP contribution in [0.3, 0.4) is 0 Å². The molecule has 1 aliphatic heterocycles. The molecule has 2 N–H and O–H groups in total. The summed E-state index contributed by atoms with van der Waals surface area (Å²) in [5, 5.41) is 15.8. The number of nitriles is 1. The molecule has 168 valence electrons. The second kappa shape index (κ2) is 9.02. The summed E-state index contributed by atoms with van der Waals surface area (Å²) in [7, 11) is -0.440. The third-order valence-electron chi connectivity index (χ3n) is 6.47. The first-order valence-corrected chi connectivity index (χ1v) is 12.3. The maximum atomic E-state index is 12.6. The van der Waals surface area contributed by atoms with Crippen LogP contribution in [0.25, 0.3) is 11.1 Å². The third-order valence-corrected chi connectivity index (χ3v) is 8.30. The minimum absolute atomic E-state index is 0.0758. The molecule has 1 saturated carbocycles. The van der Waals surface area contributed by atoms with Gasteiger partial charge in [-0.05, 0) is 54.0 Å². The average Bonchev–Trinajstić information content (AvgIpc) is 3.43. The molecule has 2 bridgehead atoms. The minimum atomic E-state index is -3.45. The van der Waals surface area contributed by atoms with Crippen LogP contribution >= 0.6 is 0 Å². The number of nitrogens with zero attached hydrogens (tertiary/aromatic N) is 2. The second-order valence-electron chi connectivity index (χ2n) is 8.82. The molecule has 1 saturated heterocycles. The molecule has 4 unspecified atom stereocenters. The number of benzene rings is 2. The first-order valence-electron chi connectivity index (χ1n) is 10.9. The van der Waals surface area contributed by atoms with Crippen molar-refractivity contribution in [2.75, 3.05) is 14.1 Å². The van der Waals surface area contributed by atoms with Crippen molar-refractivity contribution in [1.29, 1.82) is 5.26 Å². The van der Waals surface area contributed by atoms with Crippen molar-refractivity contribution in [3.63, 3.8) is 0 Å². The maximum Gasteiger partial charge on any atom is 0.242 e. The smallest absolute Gasteiger partial charge is 0.242 e. The number of hydrogen-bond acceptors (Lipinski definition) is 5. The number of carbonyl (C=O) groups is 1. The first-order chi connectivity index (χ1) is 15.3. The highest BCUT2D eigenvalue weighted by Crippen LogP contribution is 2.35. The molecular formula is C24H28N4O3S. The zero-order valence-corrected chi connectivity index (χ0v) is 19.1. The highest BCUT2D eigenvalue weighted by atomic mass is 32.2. The molecule has 0 radical (unpaired) electrons. The predicted octanol–water partition coefficient (Wildman–Crippen LogP) is 2.30. The SMILES string of the molecule is CN(C)S(=O)(=O)c1ccc(-c2ccc(CC(C#N)NC(=O)C3NC4CCC3C4)cc2)cc1. The Morgan fingerprint density at radius 1 is 1.12 bits per heavy atom. The Kier molecular flexibility index (Phi) is 6.33. The van der Waals surface area contributed by atoms with Gasteiger partial charge in [0.15, 0.2) is 0 Å². The highest BCUT2D eigenvalue weighted by Gasteiger charge is 2.43. The molecule has 8 heteroatoms. The van der Waals surface area contributed by atoms with Crippen LogP contribution in [0.1, 0.15) is 24.8 Å². The molecule has 2 aromatic carbocycles. The molecule has 1 amide bonds. The normalized spacial score (nSPS) is 23.1. The van der Waals surface area contributed by atoms with E-state index in [-0.39, 0.29) is 16.8 Å². The van der Waals surface area contributed by atoms with Gasteiger partial charge in [-0.25, -0.2) is 12.7 Å². The van der Waals surface area contributed by atoms with Crippen molar-refractivity contribution < 1.29 is 13.2 Å². The van der Waals surface area contributed by atoms with Crippen LogP contribution in [0.15, 0.2) is 53.4 Å². The summed E-state index contributed by atoms with van der Waals surface area (Å²) < 4.78 is 25.6. The van der Waals surface area contributed by atoms with E-state index in [0.29, 0.717) is 18.4 Å². The van der Waals surface area contributed by atoms with Crippen molar-refractivity contribution in [1.82, 2.24) is 14.9 Å². The fraction of sp³-hybridized carbons (Fsp3) is 0.417. The van der Waals surface area contributed by atoms with E-state index in [2.05, 4.69) is 16.7 Å². The Balaban J connectivity index is 1.39. The van der Waals surface area contributed by atoms with Gasteiger partial charge in [-0.2, -0.15) is 5.26 Å². The second-order valence-corrected chi connectivity index (χ2v) is 11.0. The van der Waals surface area contributed by atoms with Crippen LogP contribution in [-0.2, 0) is 21.2 Å². The van der Waals surface area contributed by atoms with E-state index in [1.807, 2.05) is 24.3 Å². The summed E-state index contributed by atoms with van der Waals surface area (Å²) >= 11 is 0. The van der Waals surface area contributed by atoms with Gasteiger partial charge in [-0.15, -0.1) is 0 Å². The van der Waals surface area contributed by atoms with Gasteiger partial charge in [0, 0.05) is 26.6 Å². The molecule has 0 aromatic heterocycles.